The van der Waals surface area contributed by atoms with Crippen molar-refractivity contribution in [2.24, 2.45) is 0 Å². The van der Waals surface area contributed by atoms with Crippen LogP contribution in [0.3, 0.4) is 0 Å². The van der Waals surface area contributed by atoms with Crippen LogP contribution in [0.1, 0.15) is 24.5 Å². The Morgan fingerprint density at radius 3 is 3.09 bits per heavy atom. The lowest BCUT2D eigenvalue weighted by Gasteiger charge is -2.32. The van der Waals surface area contributed by atoms with E-state index in [2.05, 4.69) is 14.9 Å². The van der Waals surface area contributed by atoms with E-state index < -0.39 is 0 Å². The molecule has 1 aromatic heterocycles. The molecule has 3 heterocycles. The SMILES string of the molecule is COCCN1CCC[C@H](c2cncc(N3CCOC3=O)n2)C1. The number of hydrogen-bond donors (Lipinski definition) is 0. The highest BCUT2D eigenvalue weighted by atomic mass is 16.6. The van der Waals surface area contributed by atoms with Crippen molar-refractivity contribution in [2.45, 2.75) is 18.8 Å². The van der Waals surface area contributed by atoms with E-state index in [1.165, 1.54) is 0 Å². The maximum absolute atomic E-state index is 11.6. The molecule has 0 aliphatic carbocycles. The summed E-state index contributed by atoms with van der Waals surface area (Å²) in [6, 6.07) is 0. The first kappa shape index (κ1) is 15.2. The van der Waals surface area contributed by atoms with Gasteiger partial charge in [-0.15, -0.1) is 0 Å². The Bertz CT molecular complexity index is 525. The van der Waals surface area contributed by atoms with Gasteiger partial charge in [0.15, 0.2) is 5.82 Å². The number of carbonyl (C=O) groups is 1. The smallest absolute Gasteiger partial charge is 0.415 e. The first-order chi connectivity index (χ1) is 10.8. The lowest BCUT2D eigenvalue weighted by atomic mass is 9.95. The summed E-state index contributed by atoms with van der Waals surface area (Å²) in [5, 5.41) is 0. The lowest BCUT2D eigenvalue weighted by molar-refractivity contribution is 0.127. The zero-order valence-electron chi connectivity index (χ0n) is 12.9. The van der Waals surface area contributed by atoms with Crippen LogP contribution in [-0.4, -0.2) is 67.5 Å². The van der Waals surface area contributed by atoms with E-state index in [0.717, 1.165) is 44.8 Å². The molecule has 1 aromatic rings. The van der Waals surface area contributed by atoms with Crippen molar-refractivity contribution in [3.8, 4) is 0 Å². The molecule has 0 unspecified atom stereocenters. The minimum absolute atomic E-state index is 0.336. The van der Waals surface area contributed by atoms with Gasteiger partial charge in [0.2, 0.25) is 0 Å². The second kappa shape index (κ2) is 7.02. The van der Waals surface area contributed by atoms with Crippen molar-refractivity contribution < 1.29 is 14.3 Å². The van der Waals surface area contributed by atoms with E-state index in [9.17, 15) is 4.79 Å². The minimum atomic E-state index is -0.336. The predicted octanol–water partition coefficient (Wildman–Crippen LogP) is 1.26. The molecule has 2 saturated heterocycles. The quantitative estimate of drug-likeness (QED) is 0.816. The molecule has 0 saturated carbocycles. The van der Waals surface area contributed by atoms with Gasteiger partial charge in [-0.25, -0.2) is 9.78 Å². The van der Waals surface area contributed by atoms with E-state index in [1.807, 2.05) is 6.20 Å². The second-order valence-electron chi connectivity index (χ2n) is 5.70. The van der Waals surface area contributed by atoms with Gasteiger partial charge in [0.1, 0.15) is 6.61 Å². The monoisotopic (exact) mass is 306 g/mol. The molecular weight excluding hydrogens is 284 g/mol. The third kappa shape index (κ3) is 3.36. The number of hydrogen-bond acceptors (Lipinski definition) is 6. The maximum Gasteiger partial charge on any atom is 0.415 e. The van der Waals surface area contributed by atoms with Crippen LogP contribution in [0, 0.1) is 0 Å². The summed E-state index contributed by atoms with van der Waals surface area (Å²) in [5.74, 6) is 0.950. The van der Waals surface area contributed by atoms with Gasteiger partial charge in [-0.2, -0.15) is 0 Å². The molecule has 7 nitrogen and oxygen atoms in total. The molecule has 3 rings (SSSR count). The van der Waals surface area contributed by atoms with Gasteiger partial charge in [-0.1, -0.05) is 0 Å². The molecule has 1 amide bonds. The summed E-state index contributed by atoms with van der Waals surface area (Å²) in [6.45, 7) is 4.72. The third-order valence-electron chi connectivity index (χ3n) is 4.21. The van der Waals surface area contributed by atoms with E-state index in [1.54, 1.807) is 18.2 Å². The number of ether oxygens (including phenoxy) is 2. The molecule has 7 heteroatoms. The van der Waals surface area contributed by atoms with Crippen LogP contribution >= 0.6 is 0 Å². The molecule has 2 aliphatic heterocycles. The number of likely N-dealkylation sites (tertiary alicyclic amines) is 1. The van der Waals surface area contributed by atoms with E-state index in [0.29, 0.717) is 24.9 Å². The van der Waals surface area contributed by atoms with Gasteiger partial charge in [-0.3, -0.25) is 9.88 Å². The standard InChI is InChI=1S/C15H22N4O3/c1-21-7-5-18-4-2-3-12(11-18)13-9-16-10-14(17-13)19-6-8-22-15(19)20/h9-10,12H,2-8,11H2,1H3/t12-/m0/s1. The topological polar surface area (TPSA) is 67.8 Å². The zero-order chi connectivity index (χ0) is 15.4. The Labute approximate surface area is 130 Å². The van der Waals surface area contributed by atoms with Crippen LogP contribution in [0.15, 0.2) is 12.4 Å². The van der Waals surface area contributed by atoms with Crippen molar-refractivity contribution in [3.63, 3.8) is 0 Å². The Morgan fingerprint density at radius 1 is 1.41 bits per heavy atom. The van der Waals surface area contributed by atoms with Crippen LogP contribution in [0.2, 0.25) is 0 Å². The lowest BCUT2D eigenvalue weighted by Crippen LogP contribution is -2.37. The average molecular weight is 306 g/mol. The Hall–Kier alpha value is -1.73. The Morgan fingerprint density at radius 2 is 2.32 bits per heavy atom. The number of nitrogens with zero attached hydrogens (tertiary/aromatic N) is 4. The highest BCUT2D eigenvalue weighted by molar-refractivity contribution is 5.87. The molecule has 0 N–H and O–H groups in total. The highest BCUT2D eigenvalue weighted by Crippen LogP contribution is 2.26. The zero-order valence-corrected chi connectivity index (χ0v) is 12.9. The van der Waals surface area contributed by atoms with Crippen molar-refractivity contribution in [1.82, 2.24) is 14.9 Å². The van der Waals surface area contributed by atoms with Gasteiger partial charge in [0.05, 0.1) is 25.0 Å². The summed E-state index contributed by atoms with van der Waals surface area (Å²) < 4.78 is 10.1. The average Bonchev–Trinajstić information content (AvgIpc) is 2.99. The number of amides is 1. The first-order valence-electron chi connectivity index (χ1n) is 7.75. The van der Waals surface area contributed by atoms with Gasteiger partial charge in [0, 0.05) is 32.3 Å². The van der Waals surface area contributed by atoms with Crippen LogP contribution in [0.4, 0.5) is 10.6 Å². The molecule has 0 radical (unpaired) electrons. The first-order valence-corrected chi connectivity index (χ1v) is 7.75. The number of aromatic nitrogens is 2. The summed E-state index contributed by atoms with van der Waals surface area (Å²) in [6.07, 6.45) is 5.35. The number of carbonyl (C=O) groups excluding carboxylic acids is 1. The molecule has 120 valence electrons. The predicted molar refractivity (Wildman–Crippen MR) is 81.0 cm³/mol. The summed E-state index contributed by atoms with van der Waals surface area (Å²) in [4.78, 5) is 24.5. The van der Waals surface area contributed by atoms with Crippen molar-refractivity contribution in [1.29, 1.82) is 0 Å². The van der Waals surface area contributed by atoms with Gasteiger partial charge in [-0.05, 0) is 19.4 Å². The van der Waals surface area contributed by atoms with Crippen molar-refractivity contribution in [2.75, 3.05) is 51.4 Å². The number of anilines is 1. The fraction of sp³-hybridized carbons (Fsp3) is 0.667. The Balaban J connectivity index is 1.70. The van der Waals surface area contributed by atoms with Crippen LogP contribution in [0.25, 0.3) is 0 Å². The van der Waals surface area contributed by atoms with Crippen LogP contribution < -0.4 is 4.90 Å². The summed E-state index contributed by atoms with van der Waals surface area (Å²) >= 11 is 0. The van der Waals surface area contributed by atoms with E-state index in [-0.39, 0.29) is 6.09 Å². The maximum atomic E-state index is 11.6. The van der Waals surface area contributed by atoms with Gasteiger partial charge in [0.25, 0.3) is 0 Å². The number of rotatable bonds is 5. The molecule has 1 atom stereocenters. The number of piperidine rings is 1. The third-order valence-corrected chi connectivity index (χ3v) is 4.21. The molecule has 2 fully saturated rings. The van der Waals surface area contributed by atoms with E-state index in [4.69, 9.17) is 9.47 Å². The fourth-order valence-corrected chi connectivity index (χ4v) is 3.02. The summed E-state index contributed by atoms with van der Waals surface area (Å²) in [7, 11) is 1.73. The largest absolute Gasteiger partial charge is 0.447 e. The number of methoxy groups -OCH3 is 1. The fourth-order valence-electron chi connectivity index (χ4n) is 3.02. The normalized spacial score (nSPS) is 22.9. The summed E-state index contributed by atoms with van der Waals surface area (Å²) in [5.41, 5.74) is 0.958. The molecule has 22 heavy (non-hydrogen) atoms. The van der Waals surface area contributed by atoms with Crippen LogP contribution in [0.5, 0.6) is 0 Å². The molecule has 0 aromatic carbocycles. The van der Waals surface area contributed by atoms with Gasteiger partial charge < -0.3 is 14.4 Å². The number of cyclic esters (lactones) is 1. The molecule has 0 spiro atoms. The molecule has 2 aliphatic rings. The van der Waals surface area contributed by atoms with Gasteiger partial charge >= 0.3 is 6.09 Å². The minimum Gasteiger partial charge on any atom is -0.447 e. The Kier molecular flexibility index (Phi) is 4.84. The van der Waals surface area contributed by atoms with Crippen molar-refractivity contribution >= 4 is 11.9 Å². The van der Waals surface area contributed by atoms with E-state index >= 15 is 0 Å². The van der Waals surface area contributed by atoms with Crippen LogP contribution in [-0.2, 0) is 9.47 Å². The highest BCUT2D eigenvalue weighted by Gasteiger charge is 2.27. The van der Waals surface area contributed by atoms with Crippen molar-refractivity contribution in [3.05, 3.63) is 18.1 Å². The molecule has 0 bridgehead atoms. The second-order valence-corrected chi connectivity index (χ2v) is 5.70. The molecular formula is C15H22N4O3.